The first kappa shape index (κ1) is 15.3. The Morgan fingerprint density at radius 3 is 2.29 bits per heavy atom. The van der Waals surface area contributed by atoms with Gasteiger partial charge in [-0.05, 0) is 38.3 Å². The number of carbonyl (C=O) groups is 2. The van der Waals surface area contributed by atoms with Gasteiger partial charge in [-0.1, -0.05) is 0 Å². The van der Waals surface area contributed by atoms with Crippen molar-refractivity contribution in [1.82, 2.24) is 4.90 Å². The molecule has 1 N–H and O–H groups in total. The van der Waals surface area contributed by atoms with Crippen molar-refractivity contribution in [2.45, 2.75) is 31.7 Å². The molecule has 0 bridgehead atoms. The molecule has 1 aromatic rings. The summed E-state index contributed by atoms with van der Waals surface area (Å²) < 4.78 is 39.4. The third kappa shape index (κ3) is 2.59. The van der Waals surface area contributed by atoms with Gasteiger partial charge in [-0.25, -0.2) is 18.0 Å². The molecule has 1 amide bonds. The van der Waals surface area contributed by atoms with Crippen molar-refractivity contribution in [3.8, 4) is 0 Å². The largest absolute Gasteiger partial charge is 0.480 e. The molecule has 1 aliphatic rings. The van der Waals surface area contributed by atoms with E-state index < -0.39 is 40.4 Å². The average molecular weight is 301 g/mol. The number of benzene rings is 1. The number of nitrogens with zero attached hydrogens (tertiary/aromatic N) is 1. The van der Waals surface area contributed by atoms with E-state index >= 15 is 0 Å². The van der Waals surface area contributed by atoms with E-state index in [1.807, 2.05) is 0 Å². The number of piperidine rings is 1. The van der Waals surface area contributed by atoms with Crippen molar-refractivity contribution in [3.63, 3.8) is 0 Å². The van der Waals surface area contributed by atoms with Crippen LogP contribution in [0.15, 0.2) is 12.1 Å². The Morgan fingerprint density at radius 1 is 1.19 bits per heavy atom. The number of likely N-dealkylation sites (tertiary alicyclic amines) is 1. The summed E-state index contributed by atoms with van der Waals surface area (Å²) in [4.78, 5) is 24.8. The molecule has 2 rings (SSSR count). The zero-order valence-corrected chi connectivity index (χ0v) is 11.3. The summed E-state index contributed by atoms with van der Waals surface area (Å²) in [5, 5.41) is 9.31. The van der Waals surface area contributed by atoms with Crippen LogP contribution in [0, 0.1) is 17.5 Å². The first-order chi connectivity index (χ1) is 9.77. The van der Waals surface area contributed by atoms with E-state index in [0.717, 1.165) is 4.90 Å². The number of hydrogen-bond acceptors (Lipinski definition) is 2. The molecular weight excluding hydrogens is 287 g/mol. The van der Waals surface area contributed by atoms with Crippen molar-refractivity contribution >= 4 is 11.9 Å². The van der Waals surface area contributed by atoms with Gasteiger partial charge < -0.3 is 10.0 Å². The molecule has 21 heavy (non-hydrogen) atoms. The van der Waals surface area contributed by atoms with Crippen LogP contribution < -0.4 is 0 Å². The first-order valence-electron chi connectivity index (χ1n) is 6.47. The molecular formula is C14H14F3NO3. The number of carboxylic acids is 1. The van der Waals surface area contributed by atoms with E-state index in [2.05, 4.69) is 0 Å². The minimum absolute atomic E-state index is 0.169. The minimum atomic E-state index is -1.66. The lowest BCUT2D eigenvalue weighted by atomic mass is 9.88. The molecule has 1 aromatic carbocycles. The van der Waals surface area contributed by atoms with Crippen LogP contribution >= 0.6 is 0 Å². The highest BCUT2D eigenvalue weighted by molar-refractivity contribution is 5.98. The van der Waals surface area contributed by atoms with Crippen LogP contribution in [-0.2, 0) is 4.79 Å². The minimum Gasteiger partial charge on any atom is -0.480 e. The summed E-state index contributed by atoms with van der Waals surface area (Å²) in [5.41, 5.74) is -1.84. The molecule has 0 saturated carbocycles. The highest BCUT2D eigenvalue weighted by atomic mass is 19.2. The number of carboxylic acid groups (broad SMARTS) is 1. The van der Waals surface area contributed by atoms with Crippen molar-refractivity contribution in [3.05, 3.63) is 35.1 Å². The van der Waals surface area contributed by atoms with Gasteiger partial charge in [-0.15, -0.1) is 0 Å². The molecule has 0 aliphatic carbocycles. The Bertz CT molecular complexity index is 582. The Labute approximate surface area is 119 Å². The van der Waals surface area contributed by atoms with Crippen LogP contribution in [0.1, 0.15) is 36.5 Å². The van der Waals surface area contributed by atoms with Gasteiger partial charge in [0.05, 0.1) is 0 Å². The Kier molecular flexibility index (Phi) is 3.93. The molecule has 1 atom stereocenters. The van der Waals surface area contributed by atoms with Gasteiger partial charge in [0.1, 0.15) is 5.54 Å². The Hall–Kier alpha value is -2.05. The highest BCUT2D eigenvalue weighted by Crippen LogP contribution is 2.30. The summed E-state index contributed by atoms with van der Waals surface area (Å²) >= 11 is 0. The van der Waals surface area contributed by atoms with E-state index in [-0.39, 0.29) is 13.0 Å². The SMILES string of the molecule is CC1(C(=O)O)CCCCN1C(=O)c1cc(F)c(F)c(F)c1. The van der Waals surface area contributed by atoms with Crippen LogP contribution in [0.4, 0.5) is 13.2 Å². The Morgan fingerprint density at radius 2 is 1.76 bits per heavy atom. The van der Waals surface area contributed by atoms with Crippen molar-refractivity contribution in [2.75, 3.05) is 6.54 Å². The first-order valence-corrected chi connectivity index (χ1v) is 6.47. The quantitative estimate of drug-likeness (QED) is 0.854. The lowest BCUT2D eigenvalue weighted by Gasteiger charge is -2.41. The zero-order chi connectivity index (χ0) is 15.8. The van der Waals surface area contributed by atoms with Crippen molar-refractivity contribution < 1.29 is 27.9 Å². The van der Waals surface area contributed by atoms with E-state index in [1.165, 1.54) is 6.92 Å². The van der Waals surface area contributed by atoms with E-state index in [0.29, 0.717) is 25.0 Å². The van der Waals surface area contributed by atoms with Crippen LogP contribution in [0.2, 0.25) is 0 Å². The smallest absolute Gasteiger partial charge is 0.329 e. The molecule has 114 valence electrons. The fourth-order valence-corrected chi connectivity index (χ4v) is 2.50. The van der Waals surface area contributed by atoms with Gasteiger partial charge >= 0.3 is 5.97 Å². The lowest BCUT2D eigenvalue weighted by molar-refractivity contribution is -0.150. The number of halogens is 3. The third-order valence-corrected chi connectivity index (χ3v) is 3.83. The molecule has 1 aliphatic heterocycles. The van der Waals surface area contributed by atoms with Crippen LogP contribution in [-0.4, -0.2) is 34.0 Å². The van der Waals surface area contributed by atoms with Gasteiger partial charge in [-0.3, -0.25) is 4.79 Å². The van der Waals surface area contributed by atoms with Crippen molar-refractivity contribution in [1.29, 1.82) is 0 Å². The average Bonchev–Trinajstić information content (AvgIpc) is 2.43. The third-order valence-electron chi connectivity index (χ3n) is 3.83. The predicted molar refractivity (Wildman–Crippen MR) is 67.2 cm³/mol. The van der Waals surface area contributed by atoms with Gasteiger partial charge in [0.25, 0.3) is 5.91 Å². The lowest BCUT2D eigenvalue weighted by Crippen LogP contribution is -2.57. The van der Waals surface area contributed by atoms with Gasteiger partial charge in [0, 0.05) is 12.1 Å². The molecule has 0 radical (unpaired) electrons. The van der Waals surface area contributed by atoms with Gasteiger partial charge in [0.2, 0.25) is 0 Å². The van der Waals surface area contributed by atoms with Gasteiger partial charge in [-0.2, -0.15) is 0 Å². The fourth-order valence-electron chi connectivity index (χ4n) is 2.50. The summed E-state index contributed by atoms with van der Waals surface area (Å²) in [6.45, 7) is 1.56. The summed E-state index contributed by atoms with van der Waals surface area (Å²) in [6.07, 6.45) is 1.49. The van der Waals surface area contributed by atoms with E-state index in [9.17, 15) is 27.9 Å². The second kappa shape index (κ2) is 5.38. The second-order valence-corrected chi connectivity index (χ2v) is 5.25. The monoisotopic (exact) mass is 301 g/mol. The maximum atomic E-state index is 13.2. The number of aliphatic carboxylic acids is 1. The zero-order valence-electron chi connectivity index (χ0n) is 11.3. The predicted octanol–water partition coefficient (Wildman–Crippen LogP) is 2.57. The fraction of sp³-hybridized carbons (Fsp3) is 0.429. The van der Waals surface area contributed by atoms with Crippen LogP contribution in [0.3, 0.4) is 0 Å². The number of rotatable bonds is 2. The molecule has 0 spiro atoms. The summed E-state index contributed by atoms with van der Waals surface area (Å²) in [7, 11) is 0. The second-order valence-electron chi connectivity index (χ2n) is 5.25. The van der Waals surface area contributed by atoms with E-state index in [4.69, 9.17) is 0 Å². The maximum absolute atomic E-state index is 13.2. The molecule has 4 nitrogen and oxygen atoms in total. The van der Waals surface area contributed by atoms with Crippen LogP contribution in [0.25, 0.3) is 0 Å². The molecule has 7 heteroatoms. The summed E-state index contributed by atoms with van der Waals surface area (Å²) in [5.74, 6) is -6.62. The normalized spacial score (nSPS) is 22.2. The number of hydrogen-bond donors (Lipinski definition) is 1. The van der Waals surface area contributed by atoms with Crippen molar-refractivity contribution in [2.24, 2.45) is 0 Å². The highest BCUT2D eigenvalue weighted by Gasteiger charge is 2.44. The number of carbonyl (C=O) groups excluding carboxylic acids is 1. The molecule has 0 aromatic heterocycles. The molecule has 1 heterocycles. The Balaban J connectivity index is 2.40. The standard InChI is InChI=1S/C14H14F3NO3/c1-14(13(20)21)4-2-3-5-18(14)12(19)8-6-9(15)11(17)10(16)7-8/h6-7H,2-5H2,1H3,(H,20,21). The topological polar surface area (TPSA) is 57.6 Å². The van der Waals surface area contributed by atoms with E-state index in [1.54, 1.807) is 0 Å². The molecule has 1 unspecified atom stereocenters. The van der Waals surface area contributed by atoms with Gasteiger partial charge in [0.15, 0.2) is 17.5 Å². The number of amides is 1. The van der Waals surface area contributed by atoms with Crippen LogP contribution in [0.5, 0.6) is 0 Å². The summed E-state index contributed by atoms with van der Waals surface area (Å²) in [6, 6.07) is 1.16. The maximum Gasteiger partial charge on any atom is 0.329 e. The molecule has 1 saturated heterocycles. The molecule has 1 fully saturated rings.